The Balaban J connectivity index is 1.33. The molecule has 0 saturated heterocycles. The predicted octanol–water partition coefficient (Wildman–Crippen LogP) is 5.19. The zero-order chi connectivity index (χ0) is 23.4. The fourth-order valence-corrected chi connectivity index (χ4v) is 4.23. The van der Waals surface area contributed by atoms with Gasteiger partial charge in [0.1, 0.15) is 5.82 Å². The molecule has 1 heterocycles. The van der Waals surface area contributed by atoms with Gasteiger partial charge in [-0.05, 0) is 35.0 Å². The van der Waals surface area contributed by atoms with Gasteiger partial charge in [0.15, 0.2) is 5.16 Å². The van der Waals surface area contributed by atoms with Crippen LogP contribution < -0.4 is 10.6 Å². The van der Waals surface area contributed by atoms with E-state index in [1.807, 2.05) is 42.5 Å². The van der Waals surface area contributed by atoms with E-state index in [0.717, 1.165) is 16.5 Å². The number of carbonyl (C=O) groups excluding carboxylic acids is 2. The van der Waals surface area contributed by atoms with Gasteiger partial charge in [-0.1, -0.05) is 71.4 Å². The summed E-state index contributed by atoms with van der Waals surface area (Å²) in [6.07, 6.45) is -0.00378. The second-order valence-corrected chi connectivity index (χ2v) is 8.91. The average Bonchev–Trinajstić information content (AvgIpc) is 3.14. The van der Waals surface area contributed by atoms with Crippen molar-refractivity contribution < 1.29 is 9.59 Å². The van der Waals surface area contributed by atoms with Crippen LogP contribution in [0.4, 0.5) is 11.4 Å². The van der Waals surface area contributed by atoms with Crippen LogP contribution >= 0.6 is 35.0 Å². The van der Waals surface area contributed by atoms with E-state index in [0.29, 0.717) is 21.7 Å². The second-order valence-electron chi connectivity index (χ2n) is 7.18. The molecule has 0 aliphatic heterocycles. The molecule has 0 aliphatic carbocycles. The van der Waals surface area contributed by atoms with E-state index in [1.165, 1.54) is 11.8 Å². The van der Waals surface area contributed by atoms with Crippen molar-refractivity contribution in [2.45, 2.75) is 11.6 Å². The molecule has 4 rings (SSSR count). The molecule has 0 atom stereocenters. The van der Waals surface area contributed by atoms with E-state index in [4.69, 9.17) is 23.2 Å². The van der Waals surface area contributed by atoms with Gasteiger partial charge in [0, 0.05) is 12.7 Å². The summed E-state index contributed by atoms with van der Waals surface area (Å²) in [4.78, 5) is 24.8. The number of nitrogens with zero attached hydrogens (tertiary/aromatic N) is 3. The minimum absolute atomic E-state index is 0.00378. The van der Waals surface area contributed by atoms with E-state index >= 15 is 0 Å². The topological polar surface area (TPSA) is 88.9 Å². The highest BCUT2D eigenvalue weighted by Crippen LogP contribution is 2.29. The molecule has 10 heteroatoms. The van der Waals surface area contributed by atoms with Gasteiger partial charge in [0.05, 0.1) is 27.9 Å². The third kappa shape index (κ3) is 5.65. The number of benzene rings is 3. The molecule has 168 valence electrons. The normalized spacial score (nSPS) is 10.9. The Morgan fingerprint density at radius 3 is 2.55 bits per heavy atom. The number of hydrogen-bond acceptors (Lipinski definition) is 5. The van der Waals surface area contributed by atoms with Crippen LogP contribution in [0.25, 0.3) is 10.8 Å². The minimum Gasteiger partial charge on any atom is -0.325 e. The molecular weight excluding hydrogens is 481 g/mol. The van der Waals surface area contributed by atoms with E-state index < -0.39 is 0 Å². The number of carbonyl (C=O) groups is 2. The molecule has 0 saturated carbocycles. The molecule has 0 fully saturated rings. The number of hydrogen-bond donors (Lipinski definition) is 2. The molecule has 3 aromatic carbocycles. The van der Waals surface area contributed by atoms with Crippen molar-refractivity contribution in [2.75, 3.05) is 16.4 Å². The summed E-state index contributed by atoms with van der Waals surface area (Å²) in [7, 11) is 1.75. The number of halogens is 2. The summed E-state index contributed by atoms with van der Waals surface area (Å²) in [5, 5.41) is 17.1. The smallest absolute Gasteiger partial charge is 0.234 e. The van der Waals surface area contributed by atoms with Crippen molar-refractivity contribution in [3.8, 4) is 0 Å². The van der Waals surface area contributed by atoms with Crippen LogP contribution in [0.1, 0.15) is 5.82 Å². The van der Waals surface area contributed by atoms with Crippen molar-refractivity contribution in [2.24, 2.45) is 7.05 Å². The Morgan fingerprint density at radius 2 is 1.73 bits per heavy atom. The summed E-state index contributed by atoms with van der Waals surface area (Å²) in [6.45, 7) is 0. The lowest BCUT2D eigenvalue weighted by Crippen LogP contribution is -2.17. The zero-order valence-electron chi connectivity index (χ0n) is 17.5. The Labute approximate surface area is 204 Å². The first-order valence-electron chi connectivity index (χ1n) is 9.94. The van der Waals surface area contributed by atoms with Crippen LogP contribution in [0.2, 0.25) is 10.0 Å². The summed E-state index contributed by atoms with van der Waals surface area (Å²) in [5.74, 6) is 0.153. The average molecular weight is 500 g/mol. The molecule has 0 radical (unpaired) electrons. The molecular formula is C23H19Cl2N5O2S. The number of nitrogens with one attached hydrogen (secondary N) is 2. The highest BCUT2D eigenvalue weighted by atomic mass is 35.5. The molecule has 0 spiro atoms. The molecule has 2 N–H and O–H groups in total. The zero-order valence-corrected chi connectivity index (χ0v) is 19.8. The summed E-state index contributed by atoms with van der Waals surface area (Å²) >= 11 is 13.3. The monoisotopic (exact) mass is 499 g/mol. The van der Waals surface area contributed by atoms with E-state index in [9.17, 15) is 9.59 Å². The maximum absolute atomic E-state index is 12.4. The second kappa shape index (κ2) is 10.2. The van der Waals surface area contributed by atoms with Gasteiger partial charge < -0.3 is 15.2 Å². The number of amides is 2. The summed E-state index contributed by atoms with van der Waals surface area (Å²) < 4.78 is 1.69. The third-order valence-electron chi connectivity index (χ3n) is 4.84. The van der Waals surface area contributed by atoms with Gasteiger partial charge >= 0.3 is 0 Å². The largest absolute Gasteiger partial charge is 0.325 e. The van der Waals surface area contributed by atoms with Gasteiger partial charge in [-0.2, -0.15) is 0 Å². The lowest BCUT2D eigenvalue weighted by molar-refractivity contribution is -0.116. The Kier molecular flexibility index (Phi) is 7.17. The van der Waals surface area contributed by atoms with Crippen molar-refractivity contribution in [3.05, 3.63) is 76.5 Å². The lowest BCUT2D eigenvalue weighted by atomic mass is 10.1. The quantitative estimate of drug-likeness (QED) is 0.341. The maximum Gasteiger partial charge on any atom is 0.234 e. The lowest BCUT2D eigenvalue weighted by Gasteiger charge is -2.08. The van der Waals surface area contributed by atoms with Gasteiger partial charge in [-0.3, -0.25) is 9.59 Å². The van der Waals surface area contributed by atoms with Crippen LogP contribution in [0.3, 0.4) is 0 Å². The van der Waals surface area contributed by atoms with Crippen molar-refractivity contribution >= 4 is 68.9 Å². The minimum atomic E-state index is -0.305. The molecule has 7 nitrogen and oxygen atoms in total. The Morgan fingerprint density at radius 1 is 0.939 bits per heavy atom. The van der Waals surface area contributed by atoms with Crippen molar-refractivity contribution in [3.63, 3.8) is 0 Å². The molecule has 0 bridgehead atoms. The first-order valence-corrected chi connectivity index (χ1v) is 11.7. The molecule has 2 amide bonds. The van der Waals surface area contributed by atoms with Crippen molar-refractivity contribution in [1.29, 1.82) is 0 Å². The summed E-state index contributed by atoms with van der Waals surface area (Å²) in [6, 6.07) is 18.7. The highest BCUT2D eigenvalue weighted by Gasteiger charge is 2.16. The maximum atomic E-state index is 12.4. The van der Waals surface area contributed by atoms with Crippen molar-refractivity contribution in [1.82, 2.24) is 14.8 Å². The van der Waals surface area contributed by atoms with Crippen LogP contribution in [0, 0.1) is 0 Å². The molecule has 0 aliphatic rings. The standard InChI is InChI=1S/C23H19Cl2N5O2S/c1-30-19(12-20(31)27-18-8-4-7-17(24)22(18)25)28-29-23(30)33-13-21(32)26-16-10-9-14-5-2-3-6-15(14)11-16/h2-11H,12-13H2,1H3,(H,26,32)(H,27,31). The number of anilines is 2. The Bertz CT molecular complexity index is 1340. The molecule has 33 heavy (non-hydrogen) atoms. The molecule has 4 aromatic rings. The number of rotatable bonds is 7. The number of fused-ring (bicyclic) bond motifs is 1. The van der Waals surface area contributed by atoms with Gasteiger partial charge in [0.25, 0.3) is 0 Å². The number of thioether (sulfide) groups is 1. The van der Waals surface area contributed by atoms with Gasteiger partial charge in [0.2, 0.25) is 11.8 Å². The van der Waals surface area contributed by atoms with E-state index in [2.05, 4.69) is 20.8 Å². The van der Waals surface area contributed by atoms with E-state index in [-0.39, 0.29) is 29.0 Å². The first kappa shape index (κ1) is 23.1. The first-order chi connectivity index (χ1) is 15.9. The SMILES string of the molecule is Cn1c(CC(=O)Nc2cccc(Cl)c2Cl)nnc1SCC(=O)Nc1ccc2ccccc2c1. The van der Waals surface area contributed by atoms with E-state index in [1.54, 1.807) is 29.8 Å². The Hall–Kier alpha value is -3.07. The van der Waals surface area contributed by atoms with Crippen LogP contribution in [0.15, 0.2) is 65.8 Å². The van der Waals surface area contributed by atoms with Gasteiger partial charge in [-0.25, -0.2) is 0 Å². The fourth-order valence-electron chi connectivity index (χ4n) is 3.16. The fraction of sp³-hybridized carbons (Fsp3) is 0.130. The van der Waals surface area contributed by atoms with Crippen LogP contribution in [-0.2, 0) is 23.1 Å². The van der Waals surface area contributed by atoms with Crippen LogP contribution in [0.5, 0.6) is 0 Å². The highest BCUT2D eigenvalue weighted by molar-refractivity contribution is 7.99. The predicted molar refractivity (Wildman–Crippen MR) is 133 cm³/mol. The van der Waals surface area contributed by atoms with Gasteiger partial charge in [-0.15, -0.1) is 10.2 Å². The molecule has 0 unspecified atom stereocenters. The summed E-state index contributed by atoms with van der Waals surface area (Å²) in [5.41, 5.74) is 1.16. The molecule has 1 aromatic heterocycles. The third-order valence-corrected chi connectivity index (χ3v) is 6.67. The van der Waals surface area contributed by atoms with Crippen LogP contribution in [-0.4, -0.2) is 32.3 Å². The number of aromatic nitrogens is 3.